The van der Waals surface area contributed by atoms with Gasteiger partial charge in [0.2, 0.25) is 11.8 Å². The van der Waals surface area contributed by atoms with E-state index in [-0.39, 0.29) is 24.2 Å². The molecule has 1 saturated heterocycles. The molecule has 0 bridgehead atoms. The first-order valence-electron chi connectivity index (χ1n) is 7.15. The Labute approximate surface area is 133 Å². The molecule has 1 unspecified atom stereocenters. The standard InChI is InChI=1S/C15H20BrN3O2/c16-12-4-3-5-13(9-12)19-10-11(8-14(19)20)15(21)18-7-2-1-6-17/h3-5,9,11H,1-2,6-8,10,17H2,(H,18,21). The van der Waals surface area contributed by atoms with Gasteiger partial charge in [-0.3, -0.25) is 9.59 Å². The van der Waals surface area contributed by atoms with Crippen LogP contribution in [-0.2, 0) is 9.59 Å². The molecule has 2 rings (SSSR count). The molecule has 0 saturated carbocycles. The van der Waals surface area contributed by atoms with Gasteiger partial charge in [0.25, 0.3) is 0 Å². The van der Waals surface area contributed by atoms with Gasteiger partial charge in [0.1, 0.15) is 0 Å². The van der Waals surface area contributed by atoms with Gasteiger partial charge in [-0.1, -0.05) is 22.0 Å². The van der Waals surface area contributed by atoms with Crippen LogP contribution in [0.3, 0.4) is 0 Å². The summed E-state index contributed by atoms with van der Waals surface area (Å²) in [6.45, 7) is 1.70. The van der Waals surface area contributed by atoms with Crippen molar-refractivity contribution in [2.75, 3.05) is 24.5 Å². The van der Waals surface area contributed by atoms with Crippen molar-refractivity contribution >= 4 is 33.4 Å². The molecule has 0 radical (unpaired) electrons. The number of carbonyl (C=O) groups is 2. The van der Waals surface area contributed by atoms with Crippen molar-refractivity contribution < 1.29 is 9.59 Å². The first-order chi connectivity index (χ1) is 10.1. The van der Waals surface area contributed by atoms with Crippen LogP contribution < -0.4 is 16.0 Å². The molecule has 0 aromatic heterocycles. The Kier molecular flexibility index (Phi) is 5.76. The van der Waals surface area contributed by atoms with Crippen LogP contribution in [0.2, 0.25) is 0 Å². The zero-order valence-corrected chi connectivity index (χ0v) is 13.4. The van der Waals surface area contributed by atoms with E-state index in [1.54, 1.807) is 4.90 Å². The summed E-state index contributed by atoms with van der Waals surface area (Å²) in [5, 5.41) is 2.88. The normalized spacial score (nSPS) is 18.1. The van der Waals surface area contributed by atoms with E-state index in [0.29, 0.717) is 19.6 Å². The average Bonchev–Trinajstić information content (AvgIpc) is 2.85. The lowest BCUT2D eigenvalue weighted by Crippen LogP contribution is -2.33. The van der Waals surface area contributed by atoms with Crippen molar-refractivity contribution in [3.05, 3.63) is 28.7 Å². The van der Waals surface area contributed by atoms with E-state index in [0.717, 1.165) is 23.0 Å². The number of nitrogens with zero attached hydrogens (tertiary/aromatic N) is 1. The number of unbranched alkanes of at least 4 members (excludes halogenated alkanes) is 1. The van der Waals surface area contributed by atoms with Gasteiger partial charge in [0.05, 0.1) is 5.92 Å². The Morgan fingerprint density at radius 2 is 2.24 bits per heavy atom. The number of anilines is 1. The van der Waals surface area contributed by atoms with Crippen LogP contribution in [0, 0.1) is 5.92 Å². The van der Waals surface area contributed by atoms with Crippen LogP contribution in [0.1, 0.15) is 19.3 Å². The Hall–Kier alpha value is -1.40. The first kappa shape index (κ1) is 16.0. The Morgan fingerprint density at radius 3 is 2.95 bits per heavy atom. The maximum absolute atomic E-state index is 12.1. The number of nitrogens with one attached hydrogen (secondary N) is 1. The Balaban J connectivity index is 1.91. The number of carbonyl (C=O) groups excluding carboxylic acids is 2. The summed E-state index contributed by atoms with van der Waals surface area (Å²) in [4.78, 5) is 25.8. The highest BCUT2D eigenvalue weighted by Crippen LogP contribution is 2.27. The van der Waals surface area contributed by atoms with Gasteiger partial charge in [0.15, 0.2) is 0 Å². The predicted molar refractivity (Wildman–Crippen MR) is 85.9 cm³/mol. The highest BCUT2D eigenvalue weighted by atomic mass is 79.9. The minimum atomic E-state index is -0.269. The van der Waals surface area contributed by atoms with E-state index >= 15 is 0 Å². The van der Waals surface area contributed by atoms with Crippen molar-refractivity contribution in [1.82, 2.24) is 5.32 Å². The van der Waals surface area contributed by atoms with Gasteiger partial charge < -0.3 is 16.0 Å². The third kappa shape index (κ3) is 4.28. The SMILES string of the molecule is NCCCCNC(=O)C1CC(=O)N(c2cccc(Br)c2)C1. The largest absolute Gasteiger partial charge is 0.356 e. The predicted octanol–water partition coefficient (Wildman–Crippen LogP) is 1.66. The number of rotatable bonds is 6. The topological polar surface area (TPSA) is 75.4 Å². The monoisotopic (exact) mass is 353 g/mol. The number of hydrogen-bond donors (Lipinski definition) is 2. The van der Waals surface area contributed by atoms with E-state index in [9.17, 15) is 9.59 Å². The molecular formula is C15H20BrN3O2. The summed E-state index contributed by atoms with van der Waals surface area (Å²) in [6.07, 6.45) is 2.04. The smallest absolute Gasteiger partial charge is 0.227 e. The van der Waals surface area contributed by atoms with Gasteiger partial charge >= 0.3 is 0 Å². The molecule has 1 aromatic rings. The number of hydrogen-bond acceptors (Lipinski definition) is 3. The fraction of sp³-hybridized carbons (Fsp3) is 0.467. The van der Waals surface area contributed by atoms with Gasteiger partial charge in [-0.05, 0) is 37.6 Å². The van der Waals surface area contributed by atoms with Gasteiger partial charge in [0, 0.05) is 29.7 Å². The van der Waals surface area contributed by atoms with E-state index in [1.807, 2.05) is 24.3 Å². The Bertz CT molecular complexity index is 521. The molecular weight excluding hydrogens is 334 g/mol. The quantitative estimate of drug-likeness (QED) is 0.763. The van der Waals surface area contributed by atoms with Crippen molar-refractivity contribution in [1.29, 1.82) is 0 Å². The second-order valence-corrected chi connectivity index (χ2v) is 6.09. The van der Waals surface area contributed by atoms with Gasteiger partial charge in [-0.25, -0.2) is 0 Å². The third-order valence-electron chi connectivity index (χ3n) is 3.55. The molecule has 21 heavy (non-hydrogen) atoms. The summed E-state index contributed by atoms with van der Waals surface area (Å²) in [6, 6.07) is 7.56. The fourth-order valence-electron chi connectivity index (χ4n) is 2.40. The molecule has 1 fully saturated rings. The van der Waals surface area contributed by atoms with Gasteiger partial charge in [-0.2, -0.15) is 0 Å². The molecule has 1 atom stereocenters. The molecule has 2 amide bonds. The van der Waals surface area contributed by atoms with Crippen LogP contribution in [0.4, 0.5) is 5.69 Å². The highest BCUT2D eigenvalue weighted by Gasteiger charge is 2.34. The minimum Gasteiger partial charge on any atom is -0.356 e. The van der Waals surface area contributed by atoms with Crippen molar-refractivity contribution in [3.8, 4) is 0 Å². The lowest BCUT2D eigenvalue weighted by Gasteiger charge is -2.17. The first-order valence-corrected chi connectivity index (χ1v) is 7.95. The maximum Gasteiger partial charge on any atom is 0.227 e. The van der Waals surface area contributed by atoms with Crippen LogP contribution in [-0.4, -0.2) is 31.4 Å². The molecule has 0 aliphatic carbocycles. The number of amides is 2. The van der Waals surface area contributed by atoms with Crippen molar-refractivity contribution in [2.24, 2.45) is 11.7 Å². The van der Waals surface area contributed by atoms with E-state index in [1.165, 1.54) is 0 Å². The third-order valence-corrected chi connectivity index (χ3v) is 4.04. The molecule has 1 heterocycles. The van der Waals surface area contributed by atoms with Crippen molar-refractivity contribution in [2.45, 2.75) is 19.3 Å². The average molecular weight is 354 g/mol. The summed E-state index contributed by atoms with van der Waals surface area (Å²) < 4.78 is 0.919. The molecule has 0 spiro atoms. The van der Waals surface area contributed by atoms with Crippen LogP contribution in [0.15, 0.2) is 28.7 Å². The molecule has 1 aliphatic heterocycles. The lowest BCUT2D eigenvalue weighted by molar-refractivity contribution is -0.126. The maximum atomic E-state index is 12.1. The lowest BCUT2D eigenvalue weighted by atomic mass is 10.1. The van der Waals surface area contributed by atoms with Crippen molar-refractivity contribution in [3.63, 3.8) is 0 Å². The summed E-state index contributed by atoms with van der Waals surface area (Å²) in [5.41, 5.74) is 6.24. The second-order valence-electron chi connectivity index (χ2n) is 5.17. The molecule has 5 nitrogen and oxygen atoms in total. The van der Waals surface area contributed by atoms with E-state index in [2.05, 4.69) is 21.2 Å². The van der Waals surface area contributed by atoms with E-state index in [4.69, 9.17) is 5.73 Å². The Morgan fingerprint density at radius 1 is 1.43 bits per heavy atom. The zero-order valence-electron chi connectivity index (χ0n) is 11.8. The second kappa shape index (κ2) is 7.56. The summed E-state index contributed by atoms with van der Waals surface area (Å²) >= 11 is 3.39. The summed E-state index contributed by atoms with van der Waals surface area (Å²) in [5.74, 6) is -0.317. The molecule has 6 heteroatoms. The molecule has 3 N–H and O–H groups in total. The number of benzene rings is 1. The fourth-order valence-corrected chi connectivity index (χ4v) is 2.79. The molecule has 1 aliphatic rings. The highest BCUT2D eigenvalue weighted by molar-refractivity contribution is 9.10. The van der Waals surface area contributed by atoms with Crippen LogP contribution in [0.25, 0.3) is 0 Å². The number of nitrogens with two attached hydrogens (primary N) is 1. The van der Waals surface area contributed by atoms with Crippen LogP contribution >= 0.6 is 15.9 Å². The summed E-state index contributed by atoms with van der Waals surface area (Å²) in [7, 11) is 0. The molecule has 114 valence electrons. The van der Waals surface area contributed by atoms with Crippen LogP contribution in [0.5, 0.6) is 0 Å². The minimum absolute atomic E-state index is 0.00444. The van der Waals surface area contributed by atoms with E-state index < -0.39 is 0 Å². The zero-order chi connectivity index (χ0) is 15.2. The molecule has 1 aromatic carbocycles. The number of halogens is 1. The van der Waals surface area contributed by atoms with Gasteiger partial charge in [-0.15, -0.1) is 0 Å².